The van der Waals surface area contributed by atoms with Gasteiger partial charge in [-0.2, -0.15) is 0 Å². The number of benzene rings is 2. The first-order chi connectivity index (χ1) is 29.7. The van der Waals surface area contributed by atoms with Crippen LogP contribution < -0.4 is 15.1 Å². The molecule has 61 heavy (non-hydrogen) atoms. The van der Waals surface area contributed by atoms with Crippen molar-refractivity contribution >= 4 is 52.5 Å². The minimum absolute atomic E-state index is 0.0428. The molecule has 16 heteroatoms. The second-order valence-corrected chi connectivity index (χ2v) is 16.1. The molecule has 0 saturated carbocycles. The maximum absolute atomic E-state index is 14.1. The zero-order valence-corrected chi connectivity index (χ0v) is 34.0. The van der Waals surface area contributed by atoms with Crippen LogP contribution in [0.2, 0.25) is 0 Å². The van der Waals surface area contributed by atoms with Gasteiger partial charge >= 0.3 is 0 Å². The van der Waals surface area contributed by atoms with Crippen molar-refractivity contribution in [1.29, 1.82) is 0 Å². The van der Waals surface area contributed by atoms with E-state index < -0.39 is 23.8 Å². The maximum Gasteiger partial charge on any atom is 0.264 e. The minimum atomic E-state index is -1.00. The second-order valence-electron chi connectivity index (χ2n) is 16.1. The van der Waals surface area contributed by atoms with E-state index in [2.05, 4.69) is 20.1 Å². The van der Waals surface area contributed by atoms with Gasteiger partial charge in [-0.25, -0.2) is 18.9 Å². The van der Waals surface area contributed by atoms with E-state index in [4.69, 9.17) is 10.1 Å². The number of nitrogens with one attached hydrogen (secondary N) is 1. The standard InChI is InChI=1S/C45H47FN10O5/c1-51-40(57)20-17-35(44(51)60)55-43(59)31-11-6-13-33(42(31)45(55)61)47-21-4-2-3-16-41(58)53-25-23-52(24-26-53)38-15-7-12-32(49-38)36-28-48-37-18-19-39(50-56(36)37)54-22-8-14-34(54)29-9-5-10-30(46)27-29/h5-7,9-13,15,18-19,27-28,34-35,47H,2-4,8,14,16-17,20-26H2,1H3/t34-,35?/m1/s1. The fraction of sp³-hybridized carbons (Fsp3) is 0.378. The molecule has 0 aliphatic carbocycles. The lowest BCUT2D eigenvalue weighted by Gasteiger charge is -2.35. The van der Waals surface area contributed by atoms with Gasteiger partial charge in [-0.15, -0.1) is 5.10 Å². The Morgan fingerprint density at radius 3 is 2.49 bits per heavy atom. The number of carbonyl (C=O) groups is 5. The molecule has 0 bridgehead atoms. The van der Waals surface area contributed by atoms with Crippen molar-refractivity contribution in [3.63, 3.8) is 0 Å². The van der Waals surface area contributed by atoms with Crippen LogP contribution in [-0.4, -0.2) is 116 Å². The highest BCUT2D eigenvalue weighted by Crippen LogP contribution is 2.36. The fourth-order valence-electron chi connectivity index (χ4n) is 9.05. The fourth-order valence-corrected chi connectivity index (χ4v) is 9.05. The lowest BCUT2D eigenvalue weighted by atomic mass is 10.0. The van der Waals surface area contributed by atoms with Crippen LogP contribution in [0.4, 0.5) is 21.7 Å². The van der Waals surface area contributed by atoms with E-state index in [-0.39, 0.29) is 47.6 Å². The van der Waals surface area contributed by atoms with Crippen molar-refractivity contribution in [2.24, 2.45) is 0 Å². The number of imidazole rings is 1. The Morgan fingerprint density at radius 1 is 0.836 bits per heavy atom. The van der Waals surface area contributed by atoms with Crippen molar-refractivity contribution in [2.45, 2.75) is 63.5 Å². The zero-order valence-electron chi connectivity index (χ0n) is 34.0. The van der Waals surface area contributed by atoms with Gasteiger partial charge in [-0.3, -0.25) is 33.8 Å². The number of pyridine rings is 1. The normalized spacial score (nSPS) is 19.4. The number of likely N-dealkylation sites (tertiary alicyclic amines) is 1. The van der Waals surface area contributed by atoms with Crippen LogP contribution in [0, 0.1) is 5.82 Å². The van der Waals surface area contributed by atoms with Crippen molar-refractivity contribution < 1.29 is 28.4 Å². The molecule has 4 aliphatic rings. The molecule has 5 aromatic rings. The highest BCUT2D eigenvalue weighted by Gasteiger charge is 2.47. The summed E-state index contributed by atoms with van der Waals surface area (Å²) in [5, 5.41) is 8.29. The third-order valence-electron chi connectivity index (χ3n) is 12.3. The van der Waals surface area contributed by atoms with Crippen molar-refractivity contribution in [3.05, 3.63) is 102 Å². The summed E-state index contributed by atoms with van der Waals surface area (Å²) in [6.07, 6.45) is 6.61. The molecule has 9 rings (SSSR count). The molecule has 15 nitrogen and oxygen atoms in total. The Hall–Kier alpha value is -6.71. The summed E-state index contributed by atoms with van der Waals surface area (Å²) in [6, 6.07) is 20.7. The number of halogens is 1. The minimum Gasteiger partial charge on any atom is -0.384 e. The van der Waals surface area contributed by atoms with E-state index in [1.165, 1.54) is 13.1 Å². The summed E-state index contributed by atoms with van der Waals surface area (Å²) >= 11 is 0. The molecule has 4 aliphatic heterocycles. The third kappa shape index (κ3) is 7.66. The van der Waals surface area contributed by atoms with Crippen LogP contribution >= 0.6 is 0 Å². The topological polar surface area (TPSA) is 157 Å². The molecule has 3 aromatic heterocycles. The molecule has 2 atom stereocenters. The van der Waals surface area contributed by atoms with Gasteiger partial charge in [0.25, 0.3) is 17.7 Å². The Labute approximate surface area is 352 Å². The second kappa shape index (κ2) is 16.7. The summed E-state index contributed by atoms with van der Waals surface area (Å²) in [6.45, 7) is 3.86. The van der Waals surface area contributed by atoms with E-state index in [1.54, 1.807) is 36.5 Å². The summed E-state index contributed by atoms with van der Waals surface area (Å²) in [7, 11) is 1.37. The van der Waals surface area contributed by atoms with Gasteiger partial charge in [0, 0.05) is 64.8 Å². The number of carbonyl (C=O) groups excluding carboxylic acids is 5. The zero-order chi connectivity index (χ0) is 42.2. The molecule has 0 radical (unpaired) electrons. The monoisotopic (exact) mass is 826 g/mol. The molecule has 314 valence electrons. The van der Waals surface area contributed by atoms with Crippen LogP contribution in [0.1, 0.15) is 83.7 Å². The predicted molar refractivity (Wildman–Crippen MR) is 225 cm³/mol. The Kier molecular flexibility index (Phi) is 10.9. The first-order valence-electron chi connectivity index (χ1n) is 21.1. The van der Waals surface area contributed by atoms with Gasteiger partial charge in [0.05, 0.1) is 29.1 Å². The molecule has 3 fully saturated rings. The van der Waals surface area contributed by atoms with Gasteiger partial charge in [-0.1, -0.05) is 30.7 Å². The number of fused-ring (bicyclic) bond motifs is 2. The van der Waals surface area contributed by atoms with E-state index in [9.17, 15) is 28.4 Å². The van der Waals surface area contributed by atoms with Crippen LogP contribution in [-0.2, 0) is 14.4 Å². The highest BCUT2D eigenvalue weighted by molar-refractivity contribution is 6.25. The van der Waals surface area contributed by atoms with Crippen molar-refractivity contribution in [2.75, 3.05) is 61.4 Å². The van der Waals surface area contributed by atoms with E-state index in [1.807, 2.05) is 45.8 Å². The van der Waals surface area contributed by atoms with E-state index in [0.29, 0.717) is 50.5 Å². The Balaban J connectivity index is 0.752. The highest BCUT2D eigenvalue weighted by atomic mass is 19.1. The molecule has 7 heterocycles. The quantitative estimate of drug-likeness (QED) is 0.128. The number of hydrogen-bond donors (Lipinski definition) is 1. The average molecular weight is 827 g/mol. The molecule has 3 saturated heterocycles. The van der Waals surface area contributed by atoms with Crippen LogP contribution in [0.3, 0.4) is 0 Å². The first-order valence-corrected chi connectivity index (χ1v) is 21.1. The average Bonchev–Trinajstić information content (AvgIpc) is 4.01. The molecule has 5 amide bonds. The number of amides is 5. The van der Waals surface area contributed by atoms with Crippen LogP contribution in [0.15, 0.2) is 79.0 Å². The van der Waals surface area contributed by atoms with Gasteiger partial charge in [-0.05, 0) is 86.2 Å². The number of nitrogens with zero attached hydrogens (tertiary/aromatic N) is 9. The number of hydrogen-bond acceptors (Lipinski definition) is 11. The summed E-state index contributed by atoms with van der Waals surface area (Å²) in [5.41, 5.74) is 4.18. The molecular weight excluding hydrogens is 780 g/mol. The summed E-state index contributed by atoms with van der Waals surface area (Å²) in [4.78, 5) is 82.7. The molecular formula is C45H47FN10O5. The summed E-state index contributed by atoms with van der Waals surface area (Å²) in [5.74, 6) is -0.437. The smallest absolute Gasteiger partial charge is 0.264 e. The Morgan fingerprint density at radius 2 is 1.66 bits per heavy atom. The van der Waals surface area contributed by atoms with Crippen LogP contribution in [0.25, 0.3) is 17.0 Å². The Bertz CT molecular complexity index is 2540. The maximum atomic E-state index is 14.1. The number of likely N-dealkylation sites (N-methyl/N-ethyl adjacent to an activating group) is 1. The van der Waals surface area contributed by atoms with Gasteiger partial charge in [0.2, 0.25) is 11.8 Å². The SMILES string of the molecule is CN1C(=O)CCC(N2C(=O)c3cccc(NCCCCCC(=O)N4CCN(c5cccc(-c6cnc7ccc(N8CCC[C@@H]8c8cccc(F)c8)nn67)n5)CC4)c3C2=O)C1=O. The van der Waals surface area contributed by atoms with Crippen LogP contribution in [0.5, 0.6) is 0 Å². The van der Waals surface area contributed by atoms with E-state index in [0.717, 1.165) is 77.0 Å². The number of imide groups is 2. The van der Waals surface area contributed by atoms with Crippen molar-refractivity contribution in [1.82, 2.24) is 34.3 Å². The van der Waals surface area contributed by atoms with Gasteiger partial charge in [0.1, 0.15) is 29.2 Å². The number of piperidine rings is 1. The largest absolute Gasteiger partial charge is 0.384 e. The number of aromatic nitrogens is 4. The van der Waals surface area contributed by atoms with Crippen molar-refractivity contribution in [3.8, 4) is 11.4 Å². The number of anilines is 3. The summed E-state index contributed by atoms with van der Waals surface area (Å²) < 4.78 is 15.9. The first kappa shape index (κ1) is 39.7. The number of piperazine rings is 1. The van der Waals surface area contributed by atoms with Gasteiger partial charge in [0.15, 0.2) is 5.65 Å². The molecule has 1 unspecified atom stereocenters. The molecule has 0 spiro atoms. The lowest BCUT2D eigenvalue weighted by molar-refractivity contribution is -0.149. The molecule has 1 N–H and O–H groups in total. The predicted octanol–water partition coefficient (Wildman–Crippen LogP) is 5.34. The number of rotatable bonds is 12. The molecule has 2 aromatic carbocycles. The number of unbranched alkanes of at least 4 members (excludes halogenated alkanes) is 2. The van der Waals surface area contributed by atoms with E-state index >= 15 is 0 Å². The third-order valence-corrected chi connectivity index (χ3v) is 12.3. The van der Waals surface area contributed by atoms with Gasteiger partial charge < -0.3 is 20.0 Å². The lowest BCUT2D eigenvalue weighted by Crippen LogP contribution is -2.54.